The van der Waals surface area contributed by atoms with Crippen molar-refractivity contribution in [3.63, 3.8) is 0 Å². The van der Waals surface area contributed by atoms with E-state index in [1.807, 2.05) is 18.1 Å². The van der Waals surface area contributed by atoms with Gasteiger partial charge in [0.15, 0.2) is 0 Å². The van der Waals surface area contributed by atoms with Gasteiger partial charge in [0.05, 0.1) is 11.8 Å². The van der Waals surface area contributed by atoms with E-state index in [0.29, 0.717) is 24.8 Å². The summed E-state index contributed by atoms with van der Waals surface area (Å²) in [6.07, 6.45) is 5.25. The Bertz CT molecular complexity index is 654. The zero-order valence-electron chi connectivity index (χ0n) is 13.1. The Labute approximate surface area is 128 Å². The van der Waals surface area contributed by atoms with Crippen molar-refractivity contribution in [2.75, 3.05) is 27.2 Å². The first-order valence-corrected chi connectivity index (χ1v) is 7.33. The lowest BCUT2D eigenvalue weighted by molar-refractivity contribution is 0.152. The minimum absolute atomic E-state index is 0.0556. The number of urea groups is 1. The molecule has 1 aliphatic heterocycles. The smallest absolute Gasteiger partial charge is 0.319 e. The highest BCUT2D eigenvalue weighted by Gasteiger charge is 2.28. The first-order valence-electron chi connectivity index (χ1n) is 7.33. The zero-order valence-corrected chi connectivity index (χ0v) is 13.1. The highest BCUT2D eigenvalue weighted by atomic mass is 16.5. The molecule has 0 aliphatic carbocycles. The summed E-state index contributed by atoms with van der Waals surface area (Å²) in [5.74, 6) is 1.43. The lowest BCUT2D eigenvalue weighted by Crippen LogP contribution is -2.43. The van der Waals surface area contributed by atoms with Crippen LogP contribution < -0.4 is 0 Å². The van der Waals surface area contributed by atoms with Gasteiger partial charge in [-0.05, 0) is 12.8 Å². The number of rotatable bonds is 2. The monoisotopic (exact) mass is 304 g/mol. The van der Waals surface area contributed by atoms with Gasteiger partial charge in [-0.25, -0.2) is 4.79 Å². The summed E-state index contributed by atoms with van der Waals surface area (Å²) >= 11 is 0. The van der Waals surface area contributed by atoms with Crippen molar-refractivity contribution >= 4 is 6.03 Å². The quantitative estimate of drug-likeness (QED) is 0.836. The van der Waals surface area contributed by atoms with Gasteiger partial charge in [-0.15, -0.1) is 0 Å². The lowest BCUT2D eigenvalue weighted by Gasteiger charge is -2.32. The van der Waals surface area contributed by atoms with E-state index in [1.165, 1.54) is 0 Å². The fourth-order valence-corrected chi connectivity index (χ4v) is 2.66. The number of nitrogens with zero attached hydrogens (tertiary/aromatic N) is 6. The van der Waals surface area contributed by atoms with Gasteiger partial charge in [0.25, 0.3) is 0 Å². The molecule has 0 radical (unpaired) electrons. The van der Waals surface area contributed by atoms with Crippen LogP contribution >= 0.6 is 0 Å². The third-order valence-corrected chi connectivity index (χ3v) is 3.90. The van der Waals surface area contributed by atoms with Crippen molar-refractivity contribution in [1.82, 2.24) is 29.7 Å². The number of aryl methyl sites for hydroxylation is 1. The molecule has 2 amide bonds. The van der Waals surface area contributed by atoms with Gasteiger partial charge >= 0.3 is 6.03 Å². The molecule has 0 bridgehead atoms. The number of hydrogen-bond donors (Lipinski definition) is 0. The molecule has 3 heterocycles. The van der Waals surface area contributed by atoms with Gasteiger partial charge < -0.3 is 14.3 Å². The van der Waals surface area contributed by atoms with Gasteiger partial charge in [0, 0.05) is 46.3 Å². The van der Waals surface area contributed by atoms with Crippen LogP contribution in [0.1, 0.15) is 24.7 Å². The van der Waals surface area contributed by atoms with Crippen molar-refractivity contribution in [3.8, 4) is 11.4 Å². The second-order valence-corrected chi connectivity index (χ2v) is 5.80. The lowest BCUT2D eigenvalue weighted by atomic mass is 9.97. The van der Waals surface area contributed by atoms with Crippen molar-refractivity contribution in [2.45, 2.75) is 18.8 Å². The topological polar surface area (TPSA) is 80.3 Å². The van der Waals surface area contributed by atoms with E-state index in [-0.39, 0.29) is 11.9 Å². The fraction of sp³-hybridized carbons (Fsp3) is 0.571. The molecule has 0 N–H and O–H groups in total. The third kappa shape index (κ3) is 2.81. The normalized spacial score (nSPS) is 16.0. The number of hydrogen-bond acceptors (Lipinski definition) is 5. The number of piperidine rings is 1. The Balaban J connectivity index is 1.65. The van der Waals surface area contributed by atoms with Gasteiger partial charge in [0.1, 0.15) is 0 Å². The van der Waals surface area contributed by atoms with E-state index in [4.69, 9.17) is 4.52 Å². The standard InChI is InChI=1S/C14H20N6O2/c1-18(2)14(21)20-6-4-10(5-7-20)13-16-12(17-22-13)11-8-15-19(3)9-11/h8-10H,4-7H2,1-3H3. The molecule has 0 spiro atoms. The van der Waals surface area contributed by atoms with Crippen LogP contribution in [0.4, 0.5) is 4.79 Å². The average molecular weight is 304 g/mol. The predicted molar refractivity (Wildman–Crippen MR) is 79.1 cm³/mol. The van der Waals surface area contributed by atoms with E-state index in [2.05, 4.69) is 15.2 Å². The maximum Gasteiger partial charge on any atom is 0.319 e. The molecule has 2 aromatic heterocycles. The minimum atomic E-state index is 0.0556. The minimum Gasteiger partial charge on any atom is -0.339 e. The van der Waals surface area contributed by atoms with Crippen LogP contribution in [0.3, 0.4) is 0 Å². The van der Waals surface area contributed by atoms with Gasteiger partial charge in [-0.1, -0.05) is 5.16 Å². The number of likely N-dealkylation sites (tertiary alicyclic amines) is 1. The van der Waals surface area contributed by atoms with Crippen LogP contribution in [0.5, 0.6) is 0 Å². The molecule has 0 saturated carbocycles. The molecule has 118 valence electrons. The maximum absolute atomic E-state index is 11.9. The average Bonchev–Trinajstić information content (AvgIpc) is 3.15. The Morgan fingerprint density at radius 3 is 2.68 bits per heavy atom. The zero-order chi connectivity index (χ0) is 15.7. The SMILES string of the molecule is CN(C)C(=O)N1CCC(c2nc(-c3cnn(C)c3)no2)CC1. The van der Waals surface area contributed by atoms with Crippen LogP contribution in [-0.4, -0.2) is 62.9 Å². The molecule has 1 saturated heterocycles. The molecule has 0 atom stereocenters. The third-order valence-electron chi connectivity index (χ3n) is 3.90. The summed E-state index contributed by atoms with van der Waals surface area (Å²) in [5.41, 5.74) is 0.845. The second kappa shape index (κ2) is 5.78. The van der Waals surface area contributed by atoms with Crippen LogP contribution in [0.2, 0.25) is 0 Å². The van der Waals surface area contributed by atoms with Crippen molar-refractivity contribution in [2.24, 2.45) is 7.05 Å². The summed E-state index contributed by atoms with van der Waals surface area (Å²) in [6.45, 7) is 1.43. The van der Waals surface area contributed by atoms with Crippen LogP contribution in [0.15, 0.2) is 16.9 Å². The van der Waals surface area contributed by atoms with E-state index < -0.39 is 0 Å². The highest BCUT2D eigenvalue weighted by Crippen LogP contribution is 2.28. The summed E-state index contributed by atoms with van der Waals surface area (Å²) < 4.78 is 7.10. The van der Waals surface area contributed by atoms with Crippen molar-refractivity contribution in [3.05, 3.63) is 18.3 Å². The molecule has 3 rings (SSSR count). The number of carbonyl (C=O) groups is 1. The molecule has 2 aromatic rings. The molecule has 1 fully saturated rings. The van der Waals surface area contributed by atoms with E-state index in [9.17, 15) is 4.79 Å². The molecular formula is C14H20N6O2. The number of amides is 2. The molecule has 0 unspecified atom stereocenters. The van der Waals surface area contributed by atoms with E-state index >= 15 is 0 Å². The second-order valence-electron chi connectivity index (χ2n) is 5.80. The summed E-state index contributed by atoms with van der Waals surface area (Å²) in [6, 6.07) is 0.0556. The molecule has 22 heavy (non-hydrogen) atoms. The van der Waals surface area contributed by atoms with E-state index in [1.54, 1.807) is 29.9 Å². The Morgan fingerprint density at radius 1 is 1.36 bits per heavy atom. The Kier molecular flexibility index (Phi) is 3.82. The molecule has 1 aliphatic rings. The van der Waals surface area contributed by atoms with Gasteiger partial charge in [-0.3, -0.25) is 4.68 Å². The summed E-state index contributed by atoms with van der Waals surface area (Å²) in [5, 5.41) is 8.14. The van der Waals surface area contributed by atoms with Crippen LogP contribution in [0.25, 0.3) is 11.4 Å². The first kappa shape index (κ1) is 14.6. The number of aromatic nitrogens is 4. The maximum atomic E-state index is 11.9. The summed E-state index contributed by atoms with van der Waals surface area (Å²) in [7, 11) is 5.39. The molecule has 0 aromatic carbocycles. The highest BCUT2D eigenvalue weighted by molar-refractivity contribution is 5.73. The Morgan fingerprint density at radius 2 is 2.09 bits per heavy atom. The van der Waals surface area contributed by atoms with Crippen molar-refractivity contribution < 1.29 is 9.32 Å². The van der Waals surface area contributed by atoms with Crippen LogP contribution in [-0.2, 0) is 7.05 Å². The largest absolute Gasteiger partial charge is 0.339 e. The number of carbonyl (C=O) groups excluding carboxylic acids is 1. The molecule has 8 nitrogen and oxygen atoms in total. The Hall–Kier alpha value is -2.38. The van der Waals surface area contributed by atoms with Crippen LogP contribution in [0, 0.1) is 0 Å². The fourth-order valence-electron chi connectivity index (χ4n) is 2.66. The van der Waals surface area contributed by atoms with Gasteiger partial charge in [-0.2, -0.15) is 10.1 Å². The van der Waals surface area contributed by atoms with Gasteiger partial charge in [0.2, 0.25) is 11.7 Å². The summed E-state index contributed by atoms with van der Waals surface area (Å²) in [4.78, 5) is 19.9. The molecule has 8 heteroatoms. The molecular weight excluding hydrogens is 284 g/mol. The first-order chi connectivity index (χ1) is 10.5. The van der Waals surface area contributed by atoms with E-state index in [0.717, 1.165) is 18.4 Å². The predicted octanol–water partition coefficient (Wildman–Crippen LogP) is 1.33. The van der Waals surface area contributed by atoms with Crippen molar-refractivity contribution in [1.29, 1.82) is 0 Å².